The Hall–Kier alpha value is -1.84. The van der Waals surface area contributed by atoms with Crippen molar-refractivity contribution in [3.63, 3.8) is 0 Å². The molecule has 2 aromatic carbocycles. The van der Waals surface area contributed by atoms with E-state index in [2.05, 4.69) is 47.9 Å². The predicted molar refractivity (Wildman–Crippen MR) is 85.1 cm³/mol. The molecule has 3 atom stereocenters. The van der Waals surface area contributed by atoms with Crippen LogP contribution in [0.15, 0.2) is 54.6 Å². The Kier molecular flexibility index (Phi) is 4.23. The topological polar surface area (TPSA) is 47.3 Å². The van der Waals surface area contributed by atoms with Crippen molar-refractivity contribution in [2.75, 3.05) is 7.11 Å². The Morgan fingerprint density at radius 1 is 1.19 bits per heavy atom. The van der Waals surface area contributed by atoms with E-state index in [0.717, 1.165) is 12.2 Å². The third kappa shape index (κ3) is 3.26. The third-order valence-corrected chi connectivity index (χ3v) is 4.39. The molecule has 3 rings (SSSR count). The quantitative estimate of drug-likeness (QED) is 0.632. The van der Waals surface area contributed by atoms with Crippen LogP contribution in [0.25, 0.3) is 0 Å². The highest BCUT2D eigenvalue weighted by atomic mass is 16.5. The first-order valence-corrected chi connectivity index (χ1v) is 7.46. The molecule has 3 N–H and O–H groups in total. The summed E-state index contributed by atoms with van der Waals surface area (Å²) in [6.07, 6.45) is 2.14. The van der Waals surface area contributed by atoms with Gasteiger partial charge in [-0.15, -0.1) is 0 Å². The lowest BCUT2D eigenvalue weighted by molar-refractivity contribution is 0.413. The third-order valence-electron chi connectivity index (χ3n) is 4.39. The molecule has 3 unspecified atom stereocenters. The summed E-state index contributed by atoms with van der Waals surface area (Å²) in [5.74, 6) is 7.94. The van der Waals surface area contributed by atoms with Crippen molar-refractivity contribution in [3.05, 3.63) is 65.7 Å². The van der Waals surface area contributed by atoms with Crippen LogP contribution in [0.1, 0.15) is 23.5 Å². The van der Waals surface area contributed by atoms with E-state index in [-0.39, 0.29) is 0 Å². The summed E-state index contributed by atoms with van der Waals surface area (Å²) >= 11 is 0. The van der Waals surface area contributed by atoms with E-state index in [1.165, 1.54) is 17.5 Å². The van der Waals surface area contributed by atoms with Crippen molar-refractivity contribution in [1.29, 1.82) is 0 Å². The number of nitrogens with two attached hydrogens (primary N) is 1. The first-order chi connectivity index (χ1) is 10.3. The summed E-state index contributed by atoms with van der Waals surface area (Å²) in [6, 6.07) is 19.2. The maximum absolute atomic E-state index is 5.79. The van der Waals surface area contributed by atoms with Crippen LogP contribution in [0.5, 0.6) is 5.75 Å². The second-order valence-electron chi connectivity index (χ2n) is 5.75. The first kappa shape index (κ1) is 14.1. The standard InChI is InChI=1S/C18H22N2O/c1-21-15-9-5-6-13(10-15)11-18(20-19)17-12-16(17)14-7-3-2-4-8-14/h2-10,16-18,20H,11-12,19H2,1H3. The SMILES string of the molecule is COc1cccc(CC(NN)C2CC2c2ccccc2)c1. The molecule has 0 aromatic heterocycles. The minimum absolute atomic E-state index is 0.308. The average molecular weight is 282 g/mol. The van der Waals surface area contributed by atoms with E-state index in [9.17, 15) is 0 Å². The molecule has 1 saturated carbocycles. The van der Waals surface area contributed by atoms with Gasteiger partial charge in [0.25, 0.3) is 0 Å². The summed E-state index contributed by atoms with van der Waals surface area (Å²) in [7, 11) is 1.70. The maximum atomic E-state index is 5.79. The molecular weight excluding hydrogens is 260 g/mol. The molecule has 0 heterocycles. The van der Waals surface area contributed by atoms with Crippen molar-refractivity contribution in [2.45, 2.75) is 24.8 Å². The average Bonchev–Trinajstić information content (AvgIpc) is 3.34. The van der Waals surface area contributed by atoms with Gasteiger partial charge >= 0.3 is 0 Å². The first-order valence-electron chi connectivity index (χ1n) is 7.46. The fourth-order valence-electron chi connectivity index (χ4n) is 3.13. The Bertz CT molecular complexity index is 585. The largest absolute Gasteiger partial charge is 0.497 e. The lowest BCUT2D eigenvalue weighted by atomic mass is 9.99. The lowest BCUT2D eigenvalue weighted by Crippen LogP contribution is -2.38. The van der Waals surface area contributed by atoms with Crippen LogP contribution in [0.4, 0.5) is 0 Å². The van der Waals surface area contributed by atoms with E-state index >= 15 is 0 Å². The summed E-state index contributed by atoms with van der Waals surface area (Å²) < 4.78 is 5.28. The van der Waals surface area contributed by atoms with Gasteiger partial charge in [-0.25, -0.2) is 0 Å². The Balaban J connectivity index is 1.66. The van der Waals surface area contributed by atoms with Gasteiger partial charge in [-0.2, -0.15) is 0 Å². The number of nitrogens with one attached hydrogen (secondary N) is 1. The van der Waals surface area contributed by atoms with Gasteiger partial charge in [-0.1, -0.05) is 42.5 Å². The van der Waals surface area contributed by atoms with Gasteiger partial charge < -0.3 is 4.74 Å². The predicted octanol–water partition coefficient (Wildman–Crippen LogP) is 2.87. The van der Waals surface area contributed by atoms with Crippen molar-refractivity contribution in [2.24, 2.45) is 11.8 Å². The summed E-state index contributed by atoms with van der Waals surface area (Å²) in [5, 5.41) is 0. The second-order valence-corrected chi connectivity index (χ2v) is 5.75. The fourth-order valence-corrected chi connectivity index (χ4v) is 3.13. The number of benzene rings is 2. The van der Waals surface area contributed by atoms with Gasteiger partial charge in [-0.3, -0.25) is 11.3 Å². The second kappa shape index (κ2) is 6.29. The minimum atomic E-state index is 0.308. The highest BCUT2D eigenvalue weighted by molar-refractivity contribution is 5.31. The van der Waals surface area contributed by atoms with Crippen LogP contribution in [0, 0.1) is 5.92 Å². The van der Waals surface area contributed by atoms with Crippen LogP contribution < -0.4 is 16.0 Å². The summed E-state index contributed by atoms with van der Waals surface area (Å²) in [4.78, 5) is 0. The van der Waals surface area contributed by atoms with E-state index in [4.69, 9.17) is 10.6 Å². The number of hydrogen-bond acceptors (Lipinski definition) is 3. The zero-order chi connectivity index (χ0) is 14.7. The molecular formula is C18H22N2O. The van der Waals surface area contributed by atoms with Crippen LogP contribution in [-0.4, -0.2) is 13.2 Å². The molecule has 0 amide bonds. The van der Waals surface area contributed by atoms with Crippen LogP contribution in [0.2, 0.25) is 0 Å². The molecule has 2 aromatic rings. The zero-order valence-corrected chi connectivity index (χ0v) is 12.3. The maximum Gasteiger partial charge on any atom is 0.119 e. The highest BCUT2D eigenvalue weighted by Gasteiger charge is 2.43. The van der Waals surface area contributed by atoms with E-state index in [1.807, 2.05) is 12.1 Å². The Labute approximate surface area is 126 Å². The summed E-state index contributed by atoms with van der Waals surface area (Å²) in [5.41, 5.74) is 5.69. The van der Waals surface area contributed by atoms with Gasteiger partial charge in [0, 0.05) is 6.04 Å². The van der Waals surface area contributed by atoms with E-state index in [0.29, 0.717) is 17.9 Å². The van der Waals surface area contributed by atoms with Crippen LogP contribution >= 0.6 is 0 Å². The van der Waals surface area contributed by atoms with Gasteiger partial charge in [0.2, 0.25) is 0 Å². The number of hydrogen-bond donors (Lipinski definition) is 2. The van der Waals surface area contributed by atoms with Gasteiger partial charge in [-0.05, 0) is 47.9 Å². The van der Waals surface area contributed by atoms with Gasteiger partial charge in [0.05, 0.1) is 7.11 Å². The molecule has 0 spiro atoms. The van der Waals surface area contributed by atoms with Crippen molar-refractivity contribution in [1.82, 2.24) is 5.43 Å². The molecule has 110 valence electrons. The fraction of sp³-hybridized carbons (Fsp3) is 0.333. The smallest absolute Gasteiger partial charge is 0.119 e. The lowest BCUT2D eigenvalue weighted by Gasteiger charge is -2.16. The number of hydrazine groups is 1. The molecule has 21 heavy (non-hydrogen) atoms. The molecule has 3 heteroatoms. The van der Waals surface area contributed by atoms with Crippen LogP contribution in [-0.2, 0) is 6.42 Å². The molecule has 0 radical (unpaired) electrons. The Morgan fingerprint density at radius 3 is 2.71 bits per heavy atom. The summed E-state index contributed by atoms with van der Waals surface area (Å²) in [6.45, 7) is 0. The number of rotatable bonds is 6. The molecule has 1 aliphatic rings. The van der Waals surface area contributed by atoms with E-state index < -0.39 is 0 Å². The van der Waals surface area contributed by atoms with Gasteiger partial charge in [0.15, 0.2) is 0 Å². The van der Waals surface area contributed by atoms with Crippen molar-refractivity contribution in [3.8, 4) is 5.75 Å². The highest BCUT2D eigenvalue weighted by Crippen LogP contribution is 2.49. The Morgan fingerprint density at radius 2 is 2.00 bits per heavy atom. The monoisotopic (exact) mass is 282 g/mol. The van der Waals surface area contributed by atoms with Crippen LogP contribution in [0.3, 0.4) is 0 Å². The molecule has 1 aliphatic carbocycles. The molecule has 0 aliphatic heterocycles. The van der Waals surface area contributed by atoms with Crippen molar-refractivity contribution < 1.29 is 4.74 Å². The van der Waals surface area contributed by atoms with Gasteiger partial charge in [0.1, 0.15) is 5.75 Å². The van der Waals surface area contributed by atoms with E-state index in [1.54, 1.807) is 7.11 Å². The molecule has 1 fully saturated rings. The van der Waals surface area contributed by atoms with Crippen molar-refractivity contribution >= 4 is 0 Å². The molecule has 3 nitrogen and oxygen atoms in total. The zero-order valence-electron chi connectivity index (χ0n) is 12.3. The normalized spacial score (nSPS) is 21.8. The number of ether oxygens (including phenoxy) is 1. The molecule has 0 bridgehead atoms. The minimum Gasteiger partial charge on any atom is -0.497 e. The number of methoxy groups -OCH3 is 1. The molecule has 0 saturated heterocycles.